The van der Waals surface area contributed by atoms with Gasteiger partial charge >= 0.3 is 11.9 Å². The van der Waals surface area contributed by atoms with Crippen molar-refractivity contribution in [2.45, 2.75) is 58.2 Å². The third-order valence-corrected chi connectivity index (χ3v) is 5.80. The van der Waals surface area contributed by atoms with Crippen LogP contribution in [-0.2, 0) is 19.2 Å². The van der Waals surface area contributed by atoms with Crippen molar-refractivity contribution in [2.24, 2.45) is 5.92 Å². The fourth-order valence-electron chi connectivity index (χ4n) is 3.94. The molecule has 0 aromatic heterocycles. The lowest BCUT2D eigenvalue weighted by molar-refractivity contribution is -0.148. The van der Waals surface area contributed by atoms with Crippen molar-refractivity contribution in [1.82, 2.24) is 15.5 Å². The van der Waals surface area contributed by atoms with Crippen LogP contribution in [0.1, 0.15) is 49.0 Å². The summed E-state index contributed by atoms with van der Waals surface area (Å²) in [6.45, 7) is 5.52. The van der Waals surface area contributed by atoms with Crippen LogP contribution in [0.25, 0.3) is 0 Å². The van der Waals surface area contributed by atoms with Gasteiger partial charge in [-0.25, -0.2) is 4.79 Å². The molecule has 186 valence electrons. The predicted molar refractivity (Wildman–Crippen MR) is 120 cm³/mol. The van der Waals surface area contributed by atoms with Crippen LogP contribution in [0.4, 0.5) is 0 Å². The maximum Gasteiger partial charge on any atom is 0.326 e. The zero-order valence-corrected chi connectivity index (χ0v) is 19.7. The monoisotopic (exact) mass is 477 g/mol. The summed E-state index contributed by atoms with van der Waals surface area (Å²) in [5.74, 6) is -4.29. The number of carboxylic acid groups (broad SMARTS) is 2. The van der Waals surface area contributed by atoms with Crippen LogP contribution in [0, 0.1) is 12.8 Å². The molecule has 0 aliphatic carbocycles. The Bertz CT molecular complexity index is 962. The van der Waals surface area contributed by atoms with Crippen LogP contribution in [0.15, 0.2) is 18.2 Å². The van der Waals surface area contributed by atoms with Gasteiger partial charge in [-0.3, -0.25) is 19.2 Å². The Hall–Kier alpha value is -3.63. The molecule has 3 amide bonds. The Labute approximate surface area is 197 Å². The summed E-state index contributed by atoms with van der Waals surface area (Å²) >= 11 is 0. The minimum absolute atomic E-state index is 0.255. The van der Waals surface area contributed by atoms with Crippen molar-refractivity contribution in [3.63, 3.8) is 0 Å². The van der Waals surface area contributed by atoms with Gasteiger partial charge in [0.25, 0.3) is 5.91 Å². The summed E-state index contributed by atoms with van der Waals surface area (Å²) in [5.41, 5.74) is 0.973. The summed E-state index contributed by atoms with van der Waals surface area (Å²) in [6, 6.07) is 1.51. The van der Waals surface area contributed by atoms with E-state index < -0.39 is 54.2 Å². The molecule has 1 aromatic rings. The Morgan fingerprint density at radius 2 is 1.82 bits per heavy atom. The van der Waals surface area contributed by atoms with Gasteiger partial charge in [0, 0.05) is 17.7 Å². The second-order valence-corrected chi connectivity index (χ2v) is 8.51. The quantitative estimate of drug-likeness (QED) is 0.384. The van der Waals surface area contributed by atoms with Gasteiger partial charge in [0.2, 0.25) is 11.8 Å². The number of rotatable bonds is 10. The molecule has 1 aliphatic heterocycles. The van der Waals surface area contributed by atoms with Gasteiger partial charge in [-0.15, -0.1) is 0 Å². The largest absolute Gasteiger partial charge is 0.496 e. The first-order valence-corrected chi connectivity index (χ1v) is 11.0. The molecule has 0 spiro atoms. The molecule has 1 aliphatic rings. The number of hydrogen-bond acceptors (Lipinski definition) is 6. The third-order valence-electron chi connectivity index (χ3n) is 5.80. The number of carbonyl (C=O) groups excluding carboxylic acids is 3. The number of methoxy groups -OCH3 is 1. The van der Waals surface area contributed by atoms with Gasteiger partial charge in [-0.2, -0.15) is 0 Å². The van der Waals surface area contributed by atoms with Crippen LogP contribution in [-0.4, -0.2) is 76.6 Å². The second-order valence-electron chi connectivity index (χ2n) is 8.51. The summed E-state index contributed by atoms with van der Waals surface area (Å²) in [7, 11) is 1.49. The number of carbonyl (C=O) groups is 5. The van der Waals surface area contributed by atoms with Crippen molar-refractivity contribution >= 4 is 29.7 Å². The molecular weight excluding hydrogens is 446 g/mol. The van der Waals surface area contributed by atoms with Crippen LogP contribution >= 0.6 is 0 Å². The first-order valence-electron chi connectivity index (χ1n) is 11.0. The maximum atomic E-state index is 13.4. The number of aliphatic carboxylic acids is 2. The minimum Gasteiger partial charge on any atom is -0.496 e. The lowest BCUT2D eigenvalue weighted by Crippen LogP contribution is -2.56. The SMILES string of the molecule is COc1cccc(C(=O)N[C@H](C(=O)N2CCC[C@H]2C(=O)N[C@@H](CC(=O)O)C(=O)O)C(C)C)c1C. The van der Waals surface area contributed by atoms with Crippen molar-refractivity contribution in [2.75, 3.05) is 13.7 Å². The summed E-state index contributed by atoms with van der Waals surface area (Å²) in [6.07, 6.45) is 0.0191. The number of nitrogens with one attached hydrogen (secondary N) is 2. The Kier molecular flexibility index (Phi) is 8.99. The first kappa shape index (κ1) is 26.6. The highest BCUT2D eigenvalue weighted by atomic mass is 16.5. The van der Waals surface area contributed by atoms with Gasteiger partial charge in [0.1, 0.15) is 23.9 Å². The van der Waals surface area contributed by atoms with Crippen LogP contribution < -0.4 is 15.4 Å². The normalized spacial score (nSPS) is 17.1. The zero-order chi connectivity index (χ0) is 25.6. The molecule has 1 aromatic carbocycles. The average molecular weight is 478 g/mol. The number of benzene rings is 1. The van der Waals surface area contributed by atoms with Crippen molar-refractivity contribution in [1.29, 1.82) is 0 Å². The Morgan fingerprint density at radius 3 is 2.38 bits per heavy atom. The predicted octanol–water partition coefficient (Wildman–Crippen LogP) is 0.793. The van der Waals surface area contributed by atoms with Gasteiger partial charge in [-0.1, -0.05) is 19.9 Å². The molecule has 0 saturated carbocycles. The molecule has 1 fully saturated rings. The highest BCUT2D eigenvalue weighted by Gasteiger charge is 2.40. The topological polar surface area (TPSA) is 162 Å². The van der Waals surface area contributed by atoms with Gasteiger partial charge in [-0.05, 0) is 37.8 Å². The zero-order valence-electron chi connectivity index (χ0n) is 19.7. The maximum absolute atomic E-state index is 13.4. The number of nitrogens with zero attached hydrogens (tertiary/aromatic N) is 1. The summed E-state index contributed by atoms with van der Waals surface area (Å²) in [5, 5.41) is 23.1. The molecule has 11 heteroatoms. The fraction of sp³-hybridized carbons (Fsp3) is 0.522. The Balaban J connectivity index is 2.19. The number of amides is 3. The van der Waals surface area contributed by atoms with Gasteiger partial charge in [0.05, 0.1) is 13.5 Å². The number of hydrogen-bond donors (Lipinski definition) is 4. The highest BCUT2D eigenvalue weighted by Crippen LogP contribution is 2.23. The fourth-order valence-corrected chi connectivity index (χ4v) is 3.94. The Morgan fingerprint density at radius 1 is 1.15 bits per heavy atom. The lowest BCUT2D eigenvalue weighted by atomic mass is 10.0. The van der Waals surface area contributed by atoms with E-state index >= 15 is 0 Å². The van der Waals surface area contributed by atoms with Gasteiger partial charge < -0.3 is 30.5 Å². The molecule has 1 saturated heterocycles. The summed E-state index contributed by atoms with van der Waals surface area (Å²) in [4.78, 5) is 62.6. The highest BCUT2D eigenvalue weighted by molar-refractivity contribution is 6.00. The van der Waals surface area contributed by atoms with E-state index in [1.165, 1.54) is 12.0 Å². The number of likely N-dealkylation sites (tertiary alicyclic amines) is 1. The van der Waals surface area contributed by atoms with Crippen LogP contribution in [0.3, 0.4) is 0 Å². The van der Waals surface area contributed by atoms with E-state index in [1.54, 1.807) is 39.0 Å². The van der Waals surface area contributed by atoms with Crippen molar-refractivity contribution in [3.8, 4) is 5.75 Å². The molecule has 0 bridgehead atoms. The van der Waals surface area contributed by atoms with E-state index in [4.69, 9.17) is 9.84 Å². The molecular formula is C23H31N3O8. The second kappa shape index (κ2) is 11.5. The first-order chi connectivity index (χ1) is 16.0. The van der Waals surface area contributed by atoms with E-state index in [0.29, 0.717) is 29.7 Å². The summed E-state index contributed by atoms with van der Waals surface area (Å²) < 4.78 is 5.25. The molecule has 2 rings (SSSR count). The van der Waals surface area contributed by atoms with Crippen molar-refractivity contribution in [3.05, 3.63) is 29.3 Å². The van der Waals surface area contributed by atoms with E-state index in [-0.39, 0.29) is 12.5 Å². The van der Waals surface area contributed by atoms with Crippen molar-refractivity contribution < 1.29 is 38.9 Å². The van der Waals surface area contributed by atoms with E-state index in [0.717, 1.165) is 0 Å². The van der Waals surface area contributed by atoms with Crippen LogP contribution in [0.5, 0.6) is 5.75 Å². The van der Waals surface area contributed by atoms with Crippen LogP contribution in [0.2, 0.25) is 0 Å². The molecule has 4 N–H and O–H groups in total. The average Bonchev–Trinajstić information content (AvgIpc) is 3.26. The molecule has 3 atom stereocenters. The molecule has 11 nitrogen and oxygen atoms in total. The molecule has 0 unspecified atom stereocenters. The smallest absolute Gasteiger partial charge is 0.326 e. The number of carboxylic acids is 2. The third kappa shape index (κ3) is 6.24. The standard InChI is InChI=1S/C23H31N3O8/c1-12(2)19(25-20(29)14-7-5-9-17(34-4)13(14)3)22(31)26-10-6-8-16(26)21(30)24-15(23(32)33)11-18(27)28/h5,7,9,12,15-16,19H,6,8,10-11H2,1-4H3,(H,24,30)(H,25,29)(H,27,28)(H,32,33)/t15-,16-,19-/m0/s1. The van der Waals surface area contributed by atoms with E-state index in [1.807, 2.05) is 0 Å². The molecule has 1 heterocycles. The molecule has 34 heavy (non-hydrogen) atoms. The van der Waals surface area contributed by atoms with Gasteiger partial charge in [0.15, 0.2) is 0 Å². The minimum atomic E-state index is -1.61. The lowest BCUT2D eigenvalue weighted by Gasteiger charge is -2.31. The number of ether oxygens (including phenoxy) is 1. The van der Waals surface area contributed by atoms with E-state index in [9.17, 15) is 29.1 Å². The van der Waals surface area contributed by atoms with E-state index in [2.05, 4.69) is 10.6 Å². The molecule has 0 radical (unpaired) electrons.